The molecule has 0 radical (unpaired) electrons. The summed E-state index contributed by atoms with van der Waals surface area (Å²) in [6, 6.07) is 9.79. The number of amides is 2. The number of ether oxygens (including phenoxy) is 1. The number of methoxy groups -OCH3 is 1. The van der Waals surface area contributed by atoms with Crippen LogP contribution in [0, 0.1) is 13.8 Å². The van der Waals surface area contributed by atoms with Crippen molar-refractivity contribution in [3.8, 4) is 5.75 Å². The van der Waals surface area contributed by atoms with Crippen molar-refractivity contribution < 1.29 is 22.7 Å². The quantitative estimate of drug-likeness (QED) is 0.701. The lowest BCUT2D eigenvalue weighted by atomic mass is 10.1. The summed E-state index contributed by atoms with van der Waals surface area (Å²) in [4.78, 5) is 25.0. The molecule has 0 saturated heterocycles. The number of benzene rings is 2. The van der Waals surface area contributed by atoms with Gasteiger partial charge in [0.05, 0.1) is 17.7 Å². The maximum absolute atomic E-state index is 13.7. The zero-order valence-corrected chi connectivity index (χ0v) is 19.1. The molecule has 0 bridgehead atoms. The molecule has 7 nitrogen and oxygen atoms in total. The van der Waals surface area contributed by atoms with E-state index in [1.807, 2.05) is 13.8 Å². The fraction of sp³-hybridized carbons (Fsp3) is 0.391. The molecule has 0 spiro atoms. The monoisotopic (exact) mass is 444 g/mol. The van der Waals surface area contributed by atoms with E-state index in [2.05, 4.69) is 10.6 Å². The van der Waals surface area contributed by atoms with Crippen LogP contribution < -0.4 is 15.4 Å². The Morgan fingerprint density at radius 3 is 2.23 bits per heavy atom. The third-order valence-corrected chi connectivity index (χ3v) is 8.39. The second-order valence-corrected chi connectivity index (χ2v) is 10.3. The van der Waals surface area contributed by atoms with Gasteiger partial charge in [-0.25, -0.2) is 8.42 Å². The number of hydrogen-bond donors (Lipinski definition) is 2. The third-order valence-electron chi connectivity index (χ3n) is 5.90. The molecule has 8 heteroatoms. The number of rotatable bonds is 6. The van der Waals surface area contributed by atoms with E-state index < -0.39 is 20.5 Å². The van der Waals surface area contributed by atoms with Crippen LogP contribution in [0.2, 0.25) is 0 Å². The number of nitrogens with one attached hydrogen (secondary N) is 2. The van der Waals surface area contributed by atoms with Gasteiger partial charge in [0.15, 0.2) is 14.6 Å². The van der Waals surface area contributed by atoms with Crippen LogP contribution in [-0.4, -0.2) is 32.1 Å². The lowest BCUT2D eigenvalue weighted by molar-refractivity contribution is -0.118. The lowest BCUT2D eigenvalue weighted by Crippen LogP contribution is -2.47. The SMILES string of the molecule is COc1ccc(NC(C)=O)cc1NC(=O)C1(S(=O)(=O)c2ccc(C)c(C)c2)CCCC1. The van der Waals surface area contributed by atoms with Gasteiger partial charge >= 0.3 is 0 Å². The molecule has 2 aromatic rings. The Balaban J connectivity index is 2.01. The number of carbonyl (C=O) groups is 2. The van der Waals surface area contributed by atoms with Crippen LogP contribution in [0.5, 0.6) is 5.75 Å². The highest BCUT2D eigenvalue weighted by molar-refractivity contribution is 7.93. The Morgan fingerprint density at radius 2 is 1.65 bits per heavy atom. The Bertz CT molecular complexity index is 1120. The van der Waals surface area contributed by atoms with E-state index in [0.29, 0.717) is 30.0 Å². The van der Waals surface area contributed by atoms with E-state index >= 15 is 0 Å². The summed E-state index contributed by atoms with van der Waals surface area (Å²) in [6.07, 6.45) is 1.81. The molecule has 0 atom stereocenters. The average molecular weight is 445 g/mol. The topological polar surface area (TPSA) is 102 Å². The molecule has 1 aliphatic rings. The van der Waals surface area contributed by atoms with Gasteiger partial charge in [-0.05, 0) is 68.1 Å². The van der Waals surface area contributed by atoms with Gasteiger partial charge in [0.1, 0.15) is 5.75 Å². The Kier molecular flexibility index (Phi) is 6.40. The van der Waals surface area contributed by atoms with Crippen molar-refractivity contribution in [3.05, 3.63) is 47.5 Å². The molecule has 1 fully saturated rings. The minimum Gasteiger partial charge on any atom is -0.495 e. The lowest BCUT2D eigenvalue weighted by Gasteiger charge is -2.28. The van der Waals surface area contributed by atoms with E-state index in [1.54, 1.807) is 36.4 Å². The fourth-order valence-corrected chi connectivity index (χ4v) is 6.15. The first-order valence-corrected chi connectivity index (χ1v) is 11.7. The minimum atomic E-state index is -3.93. The van der Waals surface area contributed by atoms with Crippen molar-refractivity contribution in [2.24, 2.45) is 0 Å². The molecule has 1 aliphatic carbocycles. The molecule has 2 N–H and O–H groups in total. The maximum atomic E-state index is 13.7. The molecule has 1 saturated carbocycles. The summed E-state index contributed by atoms with van der Waals surface area (Å²) in [6.45, 7) is 5.15. The van der Waals surface area contributed by atoms with Crippen LogP contribution in [0.15, 0.2) is 41.3 Å². The first-order chi connectivity index (χ1) is 14.6. The van der Waals surface area contributed by atoms with Crippen molar-refractivity contribution in [1.29, 1.82) is 0 Å². The molecule has 0 unspecified atom stereocenters. The van der Waals surface area contributed by atoms with Crippen LogP contribution in [0.4, 0.5) is 11.4 Å². The summed E-state index contributed by atoms with van der Waals surface area (Å²) in [5.41, 5.74) is 2.63. The smallest absolute Gasteiger partial charge is 0.246 e. The maximum Gasteiger partial charge on any atom is 0.246 e. The molecule has 0 aromatic heterocycles. The van der Waals surface area contributed by atoms with E-state index in [4.69, 9.17) is 4.74 Å². The summed E-state index contributed by atoms with van der Waals surface area (Å²) < 4.78 is 31.1. The van der Waals surface area contributed by atoms with Gasteiger partial charge in [0.2, 0.25) is 11.8 Å². The van der Waals surface area contributed by atoms with E-state index in [9.17, 15) is 18.0 Å². The normalized spacial score (nSPS) is 15.4. The Hall–Kier alpha value is -2.87. The van der Waals surface area contributed by atoms with Crippen molar-refractivity contribution in [2.75, 3.05) is 17.7 Å². The van der Waals surface area contributed by atoms with Crippen LogP contribution >= 0.6 is 0 Å². The van der Waals surface area contributed by atoms with Crippen molar-refractivity contribution in [3.63, 3.8) is 0 Å². The third kappa shape index (κ3) is 4.30. The van der Waals surface area contributed by atoms with Gasteiger partial charge < -0.3 is 15.4 Å². The van der Waals surface area contributed by atoms with E-state index in [-0.39, 0.29) is 23.6 Å². The van der Waals surface area contributed by atoms with Gasteiger partial charge in [-0.15, -0.1) is 0 Å². The summed E-state index contributed by atoms with van der Waals surface area (Å²) in [5.74, 6) is -0.465. The van der Waals surface area contributed by atoms with Gasteiger partial charge in [-0.3, -0.25) is 9.59 Å². The highest BCUT2D eigenvalue weighted by atomic mass is 32.2. The molecular formula is C23H28N2O5S. The average Bonchev–Trinajstić information content (AvgIpc) is 3.22. The number of hydrogen-bond acceptors (Lipinski definition) is 5. The zero-order valence-electron chi connectivity index (χ0n) is 18.2. The van der Waals surface area contributed by atoms with Gasteiger partial charge in [0, 0.05) is 12.6 Å². The molecule has 0 aliphatic heterocycles. The first-order valence-electron chi connectivity index (χ1n) is 10.2. The second kappa shape index (κ2) is 8.70. The standard InChI is InChI=1S/C23H28N2O5S/c1-15-7-9-19(13-16(15)2)31(28,29)23(11-5-6-12-23)22(27)25-20-14-18(24-17(3)26)8-10-21(20)30-4/h7-10,13-14H,5-6,11-12H2,1-4H3,(H,24,26)(H,25,27). The van der Waals surface area contributed by atoms with Crippen LogP contribution in [0.3, 0.4) is 0 Å². The molecule has 31 heavy (non-hydrogen) atoms. The van der Waals surface area contributed by atoms with Crippen LogP contribution in [-0.2, 0) is 19.4 Å². The minimum absolute atomic E-state index is 0.159. The highest BCUT2D eigenvalue weighted by Crippen LogP contribution is 2.42. The van der Waals surface area contributed by atoms with Crippen LogP contribution in [0.25, 0.3) is 0 Å². The largest absolute Gasteiger partial charge is 0.495 e. The molecule has 166 valence electrons. The van der Waals surface area contributed by atoms with Crippen molar-refractivity contribution in [1.82, 2.24) is 0 Å². The zero-order chi connectivity index (χ0) is 22.8. The summed E-state index contributed by atoms with van der Waals surface area (Å²) in [7, 11) is -2.47. The molecule has 0 heterocycles. The van der Waals surface area contributed by atoms with E-state index in [1.165, 1.54) is 14.0 Å². The summed E-state index contributed by atoms with van der Waals surface area (Å²) in [5, 5.41) is 5.42. The number of carbonyl (C=O) groups excluding carboxylic acids is 2. The first kappa shape index (κ1) is 22.8. The van der Waals surface area contributed by atoms with Crippen molar-refractivity contribution in [2.45, 2.75) is 56.1 Å². The van der Waals surface area contributed by atoms with Gasteiger partial charge in [-0.1, -0.05) is 18.9 Å². The number of aryl methyl sites for hydroxylation is 2. The van der Waals surface area contributed by atoms with E-state index in [0.717, 1.165) is 11.1 Å². The molecule has 2 aromatic carbocycles. The van der Waals surface area contributed by atoms with Gasteiger partial charge in [0.25, 0.3) is 0 Å². The molecular weight excluding hydrogens is 416 g/mol. The summed E-state index contributed by atoms with van der Waals surface area (Å²) >= 11 is 0. The van der Waals surface area contributed by atoms with Gasteiger partial charge in [-0.2, -0.15) is 0 Å². The fourth-order valence-electron chi connectivity index (χ4n) is 3.99. The predicted molar refractivity (Wildman–Crippen MR) is 120 cm³/mol. The molecule has 2 amide bonds. The Labute approximate surface area is 183 Å². The van der Waals surface area contributed by atoms with Crippen LogP contribution in [0.1, 0.15) is 43.7 Å². The number of anilines is 2. The second-order valence-electron chi connectivity index (χ2n) is 8.00. The predicted octanol–water partition coefficient (Wildman–Crippen LogP) is 4.00. The van der Waals surface area contributed by atoms with Crippen molar-refractivity contribution >= 4 is 33.0 Å². The number of sulfone groups is 1. The highest BCUT2D eigenvalue weighted by Gasteiger charge is 2.53. The molecule has 3 rings (SSSR count). The Morgan fingerprint density at radius 1 is 0.968 bits per heavy atom.